The first-order valence-corrected chi connectivity index (χ1v) is 7.94. The van der Waals surface area contributed by atoms with E-state index in [0.29, 0.717) is 11.9 Å². The third-order valence-corrected chi connectivity index (χ3v) is 3.74. The van der Waals surface area contributed by atoms with Crippen molar-refractivity contribution in [3.8, 4) is 11.6 Å². The fraction of sp³-hybridized carbons (Fsp3) is 0.267. The lowest BCUT2D eigenvalue weighted by Gasteiger charge is -2.10. The van der Waals surface area contributed by atoms with Crippen molar-refractivity contribution in [2.45, 2.75) is 26.4 Å². The summed E-state index contributed by atoms with van der Waals surface area (Å²) in [6.45, 7) is 5.05. The number of nitrogens with one attached hydrogen (secondary N) is 1. The Kier molecular flexibility index (Phi) is 5.57. The molecule has 20 heavy (non-hydrogen) atoms. The van der Waals surface area contributed by atoms with Crippen LogP contribution in [0.2, 0.25) is 0 Å². The first kappa shape index (κ1) is 15.5. The summed E-state index contributed by atoms with van der Waals surface area (Å²) < 4.78 is 7.69. The molecule has 0 amide bonds. The largest absolute Gasteiger partial charge is 0.438 e. The van der Waals surface area contributed by atoms with Crippen molar-refractivity contribution in [3.63, 3.8) is 0 Å². The molecule has 0 spiro atoms. The number of aromatic nitrogens is 1. The van der Waals surface area contributed by atoms with Crippen LogP contribution in [0.25, 0.3) is 0 Å². The highest BCUT2D eigenvalue weighted by atomic mass is 79.9. The van der Waals surface area contributed by atoms with Crippen molar-refractivity contribution < 1.29 is 4.74 Å². The highest BCUT2D eigenvalue weighted by molar-refractivity contribution is 9.11. The van der Waals surface area contributed by atoms with E-state index in [0.717, 1.165) is 26.8 Å². The molecule has 0 aliphatic heterocycles. The quantitative estimate of drug-likeness (QED) is 0.776. The molecule has 1 aromatic carbocycles. The molecule has 0 bridgehead atoms. The normalized spacial score (nSPS) is 10.8. The topological polar surface area (TPSA) is 34.2 Å². The zero-order valence-corrected chi connectivity index (χ0v) is 14.5. The molecule has 2 rings (SSSR count). The van der Waals surface area contributed by atoms with Crippen LogP contribution < -0.4 is 10.1 Å². The van der Waals surface area contributed by atoms with Gasteiger partial charge in [0.05, 0.1) is 4.47 Å². The Morgan fingerprint density at radius 3 is 2.70 bits per heavy atom. The number of ether oxygens (including phenoxy) is 1. The molecule has 106 valence electrons. The van der Waals surface area contributed by atoms with E-state index in [1.54, 1.807) is 6.20 Å². The Bertz CT molecular complexity index is 588. The lowest BCUT2D eigenvalue weighted by molar-refractivity contribution is 0.458. The minimum atomic E-state index is 0.452. The summed E-state index contributed by atoms with van der Waals surface area (Å²) in [5.74, 6) is 1.34. The molecule has 0 aliphatic carbocycles. The fourth-order valence-corrected chi connectivity index (χ4v) is 2.74. The summed E-state index contributed by atoms with van der Waals surface area (Å²) in [6, 6.07) is 10.2. The second kappa shape index (κ2) is 7.20. The maximum atomic E-state index is 5.81. The minimum Gasteiger partial charge on any atom is -0.438 e. The molecule has 0 aliphatic rings. The minimum absolute atomic E-state index is 0.452. The molecule has 5 heteroatoms. The van der Waals surface area contributed by atoms with Crippen LogP contribution in [0.4, 0.5) is 0 Å². The molecule has 0 atom stereocenters. The zero-order chi connectivity index (χ0) is 14.5. The smallest absolute Gasteiger partial charge is 0.219 e. The van der Waals surface area contributed by atoms with E-state index in [9.17, 15) is 0 Å². The summed E-state index contributed by atoms with van der Waals surface area (Å²) in [5.41, 5.74) is 1.15. The molecular weight excluding hydrogens is 384 g/mol. The molecule has 0 saturated carbocycles. The number of pyridine rings is 1. The first-order chi connectivity index (χ1) is 9.54. The SMILES string of the molecule is CC(C)NCc1ccnc(Oc2ccc(Br)cc2Br)c1. The van der Waals surface area contributed by atoms with Crippen LogP contribution in [-0.2, 0) is 6.54 Å². The van der Waals surface area contributed by atoms with Crippen molar-refractivity contribution in [2.75, 3.05) is 0 Å². The number of benzene rings is 1. The highest BCUT2D eigenvalue weighted by Crippen LogP contribution is 2.31. The molecule has 0 saturated heterocycles. The van der Waals surface area contributed by atoms with Gasteiger partial charge >= 0.3 is 0 Å². The van der Waals surface area contributed by atoms with Gasteiger partial charge in [0, 0.05) is 29.3 Å². The Hall–Kier alpha value is -0.910. The van der Waals surface area contributed by atoms with Crippen LogP contribution in [0.1, 0.15) is 19.4 Å². The summed E-state index contributed by atoms with van der Waals surface area (Å²) in [7, 11) is 0. The summed E-state index contributed by atoms with van der Waals surface area (Å²) in [6.07, 6.45) is 1.76. The van der Waals surface area contributed by atoms with Crippen molar-refractivity contribution in [2.24, 2.45) is 0 Å². The van der Waals surface area contributed by atoms with Crippen LogP contribution in [0, 0.1) is 0 Å². The van der Waals surface area contributed by atoms with Gasteiger partial charge in [-0.05, 0) is 45.8 Å². The fourth-order valence-electron chi connectivity index (χ4n) is 1.61. The third-order valence-electron chi connectivity index (χ3n) is 2.62. The molecule has 1 N–H and O–H groups in total. The Balaban J connectivity index is 2.11. The summed E-state index contributed by atoms with van der Waals surface area (Å²) in [5, 5.41) is 3.37. The van der Waals surface area contributed by atoms with Gasteiger partial charge < -0.3 is 10.1 Å². The van der Waals surface area contributed by atoms with Crippen molar-refractivity contribution >= 4 is 31.9 Å². The van der Waals surface area contributed by atoms with Gasteiger partial charge in [0.2, 0.25) is 5.88 Å². The van der Waals surface area contributed by atoms with Gasteiger partial charge in [-0.25, -0.2) is 4.98 Å². The Labute approximate surface area is 136 Å². The number of hydrogen-bond acceptors (Lipinski definition) is 3. The maximum absolute atomic E-state index is 5.81. The van der Waals surface area contributed by atoms with E-state index in [-0.39, 0.29) is 0 Å². The Morgan fingerprint density at radius 2 is 2.00 bits per heavy atom. The van der Waals surface area contributed by atoms with E-state index >= 15 is 0 Å². The van der Waals surface area contributed by atoms with Crippen molar-refractivity contribution in [3.05, 3.63) is 51.0 Å². The van der Waals surface area contributed by atoms with Gasteiger partial charge in [-0.15, -0.1) is 0 Å². The monoisotopic (exact) mass is 398 g/mol. The van der Waals surface area contributed by atoms with Gasteiger partial charge in [0.15, 0.2) is 0 Å². The van der Waals surface area contributed by atoms with Crippen LogP contribution in [0.5, 0.6) is 11.6 Å². The molecule has 1 aromatic heterocycles. The number of nitrogens with zero attached hydrogens (tertiary/aromatic N) is 1. The van der Waals surface area contributed by atoms with E-state index < -0.39 is 0 Å². The maximum Gasteiger partial charge on any atom is 0.219 e. The lowest BCUT2D eigenvalue weighted by atomic mass is 10.2. The number of halogens is 2. The van der Waals surface area contributed by atoms with Crippen LogP contribution in [-0.4, -0.2) is 11.0 Å². The molecule has 0 fully saturated rings. The van der Waals surface area contributed by atoms with Crippen LogP contribution in [0.3, 0.4) is 0 Å². The van der Waals surface area contributed by atoms with Crippen LogP contribution in [0.15, 0.2) is 45.5 Å². The molecular formula is C15H16Br2N2O. The van der Waals surface area contributed by atoms with Gasteiger partial charge in [-0.1, -0.05) is 29.8 Å². The number of hydrogen-bond donors (Lipinski definition) is 1. The van der Waals surface area contributed by atoms with E-state index in [1.165, 1.54) is 0 Å². The number of rotatable bonds is 5. The standard InChI is InChI=1S/C15H16Br2N2O/c1-10(2)19-9-11-5-6-18-15(7-11)20-14-4-3-12(16)8-13(14)17/h3-8,10,19H,9H2,1-2H3. The predicted molar refractivity (Wildman–Crippen MR) is 88.1 cm³/mol. The first-order valence-electron chi connectivity index (χ1n) is 6.36. The second-order valence-corrected chi connectivity index (χ2v) is 6.48. The molecule has 3 nitrogen and oxygen atoms in total. The zero-order valence-electron chi connectivity index (χ0n) is 11.4. The molecule has 1 heterocycles. The van der Waals surface area contributed by atoms with E-state index in [2.05, 4.69) is 56.0 Å². The van der Waals surface area contributed by atoms with Crippen molar-refractivity contribution in [1.29, 1.82) is 0 Å². The lowest BCUT2D eigenvalue weighted by Crippen LogP contribution is -2.21. The molecule has 0 radical (unpaired) electrons. The average molecular weight is 400 g/mol. The third kappa shape index (κ3) is 4.58. The summed E-state index contributed by atoms with van der Waals surface area (Å²) in [4.78, 5) is 4.24. The summed E-state index contributed by atoms with van der Waals surface area (Å²) >= 11 is 6.90. The van der Waals surface area contributed by atoms with Gasteiger partial charge in [0.1, 0.15) is 5.75 Å². The average Bonchev–Trinajstić information content (AvgIpc) is 2.40. The van der Waals surface area contributed by atoms with Crippen molar-refractivity contribution in [1.82, 2.24) is 10.3 Å². The highest BCUT2D eigenvalue weighted by Gasteiger charge is 2.05. The molecule has 0 unspecified atom stereocenters. The van der Waals surface area contributed by atoms with Gasteiger partial charge in [-0.2, -0.15) is 0 Å². The van der Waals surface area contributed by atoms with E-state index in [4.69, 9.17) is 4.74 Å². The second-order valence-electron chi connectivity index (χ2n) is 4.71. The molecule has 2 aromatic rings. The van der Waals surface area contributed by atoms with Crippen LogP contribution >= 0.6 is 31.9 Å². The van der Waals surface area contributed by atoms with E-state index in [1.807, 2.05) is 30.3 Å². The van der Waals surface area contributed by atoms with Gasteiger partial charge in [0.25, 0.3) is 0 Å². The Morgan fingerprint density at radius 1 is 1.20 bits per heavy atom. The predicted octanol–water partition coefficient (Wildman–Crippen LogP) is 4.90. The van der Waals surface area contributed by atoms with Gasteiger partial charge in [-0.3, -0.25) is 0 Å².